The fourth-order valence-corrected chi connectivity index (χ4v) is 6.56. The Kier molecular flexibility index (Phi) is 5.08. The molecule has 0 aliphatic rings. The highest BCUT2D eigenvalue weighted by Gasteiger charge is 2.40. The van der Waals surface area contributed by atoms with Crippen LogP contribution in [0.4, 0.5) is 0 Å². The van der Waals surface area contributed by atoms with Gasteiger partial charge in [-0.2, -0.15) is 11.1 Å². The largest absolute Gasteiger partial charge is 0.170 e. The van der Waals surface area contributed by atoms with Gasteiger partial charge in [0.05, 0.1) is 0 Å². The Morgan fingerprint density at radius 1 is 1.11 bits per heavy atom. The van der Waals surface area contributed by atoms with Crippen LogP contribution < -0.4 is 0 Å². The maximum absolute atomic E-state index is 6.96. The number of benzene rings is 1. The third kappa shape index (κ3) is 3.18. The quantitative estimate of drug-likeness (QED) is 0.508. The first-order valence-corrected chi connectivity index (χ1v) is 9.92. The van der Waals surface area contributed by atoms with Crippen molar-refractivity contribution in [2.24, 2.45) is 5.41 Å². The summed E-state index contributed by atoms with van der Waals surface area (Å²) in [5.41, 5.74) is 2.33. The molecule has 0 fully saturated rings. The summed E-state index contributed by atoms with van der Waals surface area (Å²) < 4.78 is 0. The zero-order valence-corrected chi connectivity index (χ0v) is 14.5. The molecule has 18 heavy (non-hydrogen) atoms. The summed E-state index contributed by atoms with van der Waals surface area (Å²) in [5.74, 6) is 0. The zero-order chi connectivity index (χ0) is 14.0. The summed E-state index contributed by atoms with van der Waals surface area (Å²) in [6, 6.07) is 10.7. The molecule has 0 aliphatic heterocycles. The first-order valence-electron chi connectivity index (χ1n) is 6.93. The van der Waals surface area contributed by atoms with Crippen molar-refractivity contribution in [1.82, 2.24) is 0 Å². The van der Waals surface area contributed by atoms with Crippen LogP contribution in [0.1, 0.15) is 53.5 Å². The van der Waals surface area contributed by atoms with Crippen LogP contribution >= 0.6 is 11.1 Å². The summed E-state index contributed by atoms with van der Waals surface area (Å²) in [7, 11) is -1.40. The van der Waals surface area contributed by atoms with Crippen molar-refractivity contribution >= 4 is 19.2 Å². The normalized spacial score (nSPS) is 16.4. The molecule has 0 aliphatic carbocycles. The number of hydrogen-bond acceptors (Lipinski definition) is 0. The van der Waals surface area contributed by atoms with Gasteiger partial charge in [0.15, 0.2) is 8.11 Å². The molecule has 0 radical (unpaired) electrons. The first kappa shape index (κ1) is 15.8. The maximum atomic E-state index is 6.96. The van der Waals surface area contributed by atoms with E-state index in [0.29, 0.717) is 11.0 Å². The minimum absolute atomic E-state index is 0.134. The van der Waals surface area contributed by atoms with Gasteiger partial charge >= 0.3 is 0 Å². The van der Waals surface area contributed by atoms with Crippen LogP contribution in [-0.4, -0.2) is 8.11 Å². The van der Waals surface area contributed by atoms with E-state index in [9.17, 15) is 0 Å². The van der Waals surface area contributed by atoms with Gasteiger partial charge < -0.3 is 0 Å². The average Bonchev–Trinajstić information content (AvgIpc) is 2.37. The molecule has 0 amide bonds. The lowest BCUT2D eigenvalue weighted by molar-refractivity contribution is 0.330. The Morgan fingerprint density at radius 3 is 2.06 bits per heavy atom. The molecule has 0 N–H and O–H groups in total. The van der Waals surface area contributed by atoms with Crippen LogP contribution in [0, 0.1) is 5.41 Å². The molecule has 2 unspecified atom stereocenters. The van der Waals surface area contributed by atoms with Crippen LogP contribution in [0.2, 0.25) is 5.54 Å². The second-order valence-electron chi connectivity index (χ2n) is 6.62. The van der Waals surface area contributed by atoms with E-state index in [1.807, 2.05) is 0 Å². The summed E-state index contributed by atoms with van der Waals surface area (Å²) in [4.78, 5) is 0. The van der Waals surface area contributed by atoms with Crippen molar-refractivity contribution in [3.63, 3.8) is 0 Å². The molecule has 1 aromatic rings. The molecule has 0 saturated carbocycles. The maximum Gasteiger partial charge on any atom is 0.154 e. The summed E-state index contributed by atoms with van der Waals surface area (Å²) in [6.07, 6.45) is 1.19. The number of hydrogen-bond donors (Lipinski definition) is 0. The van der Waals surface area contributed by atoms with Crippen molar-refractivity contribution in [3.8, 4) is 0 Å². The van der Waals surface area contributed by atoms with E-state index in [2.05, 4.69) is 71.9 Å². The average molecular weight is 283 g/mol. The predicted molar refractivity (Wildman–Crippen MR) is 86.0 cm³/mol. The molecule has 102 valence electrons. The second-order valence-corrected chi connectivity index (χ2v) is 11.3. The van der Waals surface area contributed by atoms with Gasteiger partial charge in [-0.3, -0.25) is 0 Å². The van der Waals surface area contributed by atoms with E-state index in [1.165, 1.54) is 12.0 Å². The van der Waals surface area contributed by atoms with Crippen molar-refractivity contribution < 1.29 is 0 Å². The molecule has 0 bridgehead atoms. The van der Waals surface area contributed by atoms with Crippen LogP contribution in [0.15, 0.2) is 30.3 Å². The van der Waals surface area contributed by atoms with Crippen molar-refractivity contribution in [2.75, 3.05) is 0 Å². The van der Waals surface area contributed by atoms with Crippen LogP contribution in [0.5, 0.6) is 0 Å². The van der Waals surface area contributed by atoms with Gasteiger partial charge in [0, 0.05) is 0 Å². The smallest absolute Gasteiger partial charge is 0.154 e. The fraction of sp³-hybridized carbons (Fsp3) is 0.625. The Labute approximate surface area is 119 Å². The molecule has 0 aromatic heterocycles. The molecule has 0 spiro atoms. The van der Waals surface area contributed by atoms with Gasteiger partial charge in [-0.05, 0) is 21.6 Å². The Bertz CT molecular complexity index is 370. The van der Waals surface area contributed by atoms with Crippen molar-refractivity contribution in [2.45, 2.75) is 58.5 Å². The van der Waals surface area contributed by atoms with E-state index < -0.39 is 8.11 Å². The minimum Gasteiger partial charge on any atom is -0.170 e. The van der Waals surface area contributed by atoms with Crippen molar-refractivity contribution in [1.29, 1.82) is 0 Å². The van der Waals surface area contributed by atoms with Crippen LogP contribution in [0.3, 0.4) is 0 Å². The lowest BCUT2D eigenvalue weighted by atomic mass is 9.87. The summed E-state index contributed by atoms with van der Waals surface area (Å²) in [6.45, 7) is 13.9. The van der Waals surface area contributed by atoms with Gasteiger partial charge in [0.1, 0.15) is 0 Å². The monoisotopic (exact) mass is 282 g/mol. The highest BCUT2D eigenvalue weighted by molar-refractivity contribution is 7.09. The second kappa shape index (κ2) is 5.79. The highest BCUT2D eigenvalue weighted by Crippen LogP contribution is 2.44. The van der Waals surface area contributed by atoms with E-state index in [1.54, 1.807) is 0 Å². The van der Waals surface area contributed by atoms with Gasteiger partial charge in [-0.15, -0.1) is 0 Å². The molecular weight excluding hydrogens is 256 g/mol. The molecule has 0 nitrogen and oxygen atoms in total. The third-order valence-electron chi connectivity index (χ3n) is 4.79. The van der Waals surface area contributed by atoms with Gasteiger partial charge in [-0.1, -0.05) is 78.3 Å². The molecule has 1 rings (SSSR count). The fourth-order valence-electron chi connectivity index (χ4n) is 2.37. The Morgan fingerprint density at radius 2 is 1.61 bits per heavy atom. The Balaban J connectivity index is 2.99. The Hall–Kier alpha value is -0.273. The van der Waals surface area contributed by atoms with E-state index in [-0.39, 0.29) is 5.04 Å². The first-order chi connectivity index (χ1) is 8.23. The van der Waals surface area contributed by atoms with Crippen LogP contribution in [0.25, 0.3) is 0 Å². The van der Waals surface area contributed by atoms with Crippen LogP contribution in [-0.2, 0) is 5.04 Å². The summed E-state index contributed by atoms with van der Waals surface area (Å²) >= 11 is 6.96. The number of halogens is 1. The predicted octanol–water partition coefficient (Wildman–Crippen LogP) is 5.29. The molecule has 2 heteroatoms. The standard InChI is InChI=1S/C16H27ClSi/c1-7-15(3,4)13(2)18(17)16(5,6)14-11-9-8-10-12-14/h8-13,18H,7H2,1-6H3. The topological polar surface area (TPSA) is 0 Å². The SMILES string of the molecule is CCC(C)(C)C(C)[SiH](Cl)C(C)(C)c1ccccc1. The number of rotatable bonds is 5. The van der Waals surface area contributed by atoms with Gasteiger partial charge in [0.2, 0.25) is 0 Å². The molecular formula is C16H27ClSi. The zero-order valence-electron chi connectivity index (χ0n) is 12.6. The van der Waals surface area contributed by atoms with Gasteiger partial charge in [-0.25, -0.2) is 0 Å². The van der Waals surface area contributed by atoms with E-state index in [0.717, 1.165) is 0 Å². The molecule has 2 atom stereocenters. The molecule has 1 aromatic carbocycles. The van der Waals surface area contributed by atoms with E-state index in [4.69, 9.17) is 11.1 Å². The van der Waals surface area contributed by atoms with E-state index >= 15 is 0 Å². The molecule has 0 heterocycles. The van der Waals surface area contributed by atoms with Crippen molar-refractivity contribution in [3.05, 3.63) is 35.9 Å². The lowest BCUT2D eigenvalue weighted by Crippen LogP contribution is -2.41. The third-order valence-corrected chi connectivity index (χ3v) is 11.1. The minimum atomic E-state index is -1.40. The lowest BCUT2D eigenvalue weighted by Gasteiger charge is -2.40. The highest BCUT2D eigenvalue weighted by atomic mass is 35.6. The van der Waals surface area contributed by atoms with Gasteiger partial charge in [0.25, 0.3) is 0 Å². The molecule has 0 saturated heterocycles. The summed E-state index contributed by atoms with van der Waals surface area (Å²) in [5, 5.41) is 0.134.